The van der Waals surface area contributed by atoms with E-state index in [1.54, 1.807) is 0 Å². The quantitative estimate of drug-likeness (QED) is 0.753. The molecular formula is C13H6Br2F3NO. The van der Waals surface area contributed by atoms with Crippen LogP contribution in [0.4, 0.5) is 18.9 Å². The number of halogens is 5. The van der Waals surface area contributed by atoms with Crippen molar-refractivity contribution >= 4 is 43.5 Å². The Bertz CT molecular complexity index is 668. The maximum absolute atomic E-state index is 13.6. The van der Waals surface area contributed by atoms with Crippen LogP contribution >= 0.6 is 31.9 Å². The molecule has 0 atom stereocenters. The van der Waals surface area contributed by atoms with Crippen molar-refractivity contribution in [3.63, 3.8) is 0 Å². The minimum atomic E-state index is -0.958. The Morgan fingerprint density at radius 1 is 0.900 bits per heavy atom. The van der Waals surface area contributed by atoms with Crippen LogP contribution in [0.2, 0.25) is 0 Å². The average Bonchev–Trinajstić information content (AvgIpc) is 2.36. The fourth-order valence-corrected chi connectivity index (χ4v) is 2.28. The Balaban J connectivity index is 2.35. The molecule has 104 valence electrons. The van der Waals surface area contributed by atoms with Crippen LogP contribution in [0, 0.1) is 17.5 Å². The molecule has 0 aromatic heterocycles. The van der Waals surface area contributed by atoms with E-state index in [1.165, 1.54) is 12.1 Å². The minimum absolute atomic E-state index is 0.194. The molecular weight excluding hydrogens is 403 g/mol. The van der Waals surface area contributed by atoms with Crippen LogP contribution in [0.25, 0.3) is 0 Å². The normalized spacial score (nSPS) is 10.4. The third-order valence-corrected chi connectivity index (χ3v) is 3.37. The molecule has 0 unspecified atom stereocenters. The number of hydrogen-bond donors (Lipinski definition) is 1. The SMILES string of the molecule is O=C(Nc1c(F)cc(Br)cc1F)c1cc(Br)ccc1F. The second-order valence-electron chi connectivity index (χ2n) is 3.82. The average molecular weight is 409 g/mol. The molecule has 0 fully saturated rings. The summed E-state index contributed by atoms with van der Waals surface area (Å²) in [6, 6.07) is 5.70. The van der Waals surface area contributed by atoms with Gasteiger partial charge in [0.25, 0.3) is 5.91 Å². The number of carbonyl (C=O) groups is 1. The summed E-state index contributed by atoms with van der Waals surface area (Å²) in [5.74, 6) is -3.64. The highest BCUT2D eigenvalue weighted by molar-refractivity contribution is 9.10. The highest BCUT2D eigenvalue weighted by Gasteiger charge is 2.17. The molecule has 0 saturated carbocycles. The zero-order chi connectivity index (χ0) is 14.9. The van der Waals surface area contributed by atoms with Crippen molar-refractivity contribution in [1.29, 1.82) is 0 Å². The zero-order valence-corrected chi connectivity index (χ0v) is 12.9. The van der Waals surface area contributed by atoms with Crippen molar-refractivity contribution in [2.45, 2.75) is 0 Å². The number of benzene rings is 2. The Morgan fingerprint density at radius 3 is 2.10 bits per heavy atom. The lowest BCUT2D eigenvalue weighted by Gasteiger charge is -2.09. The lowest BCUT2D eigenvalue weighted by Crippen LogP contribution is -2.16. The van der Waals surface area contributed by atoms with Crippen molar-refractivity contribution in [3.05, 3.63) is 62.3 Å². The van der Waals surface area contributed by atoms with Crippen molar-refractivity contribution in [2.75, 3.05) is 5.32 Å². The van der Waals surface area contributed by atoms with E-state index < -0.39 is 29.0 Å². The molecule has 0 radical (unpaired) electrons. The number of hydrogen-bond acceptors (Lipinski definition) is 1. The third-order valence-electron chi connectivity index (χ3n) is 2.42. The van der Waals surface area contributed by atoms with Gasteiger partial charge in [0, 0.05) is 8.95 Å². The van der Waals surface area contributed by atoms with Crippen molar-refractivity contribution < 1.29 is 18.0 Å². The summed E-state index contributed by atoms with van der Waals surface area (Å²) in [6.45, 7) is 0. The van der Waals surface area contributed by atoms with Crippen LogP contribution in [0.3, 0.4) is 0 Å². The number of anilines is 1. The van der Waals surface area contributed by atoms with E-state index in [0.717, 1.165) is 18.2 Å². The number of nitrogens with one attached hydrogen (secondary N) is 1. The molecule has 20 heavy (non-hydrogen) atoms. The molecule has 2 nitrogen and oxygen atoms in total. The number of amides is 1. The summed E-state index contributed by atoms with van der Waals surface area (Å²) in [6.07, 6.45) is 0. The summed E-state index contributed by atoms with van der Waals surface area (Å²) in [7, 11) is 0. The molecule has 0 heterocycles. The Hall–Kier alpha value is -1.34. The largest absolute Gasteiger partial charge is 0.317 e. The summed E-state index contributed by atoms with van der Waals surface area (Å²) >= 11 is 6.01. The van der Waals surface area contributed by atoms with E-state index in [4.69, 9.17) is 0 Å². The number of carbonyl (C=O) groups excluding carboxylic acids is 1. The van der Waals surface area contributed by atoms with Gasteiger partial charge in [0.1, 0.15) is 11.5 Å². The molecule has 0 aliphatic carbocycles. The van der Waals surface area contributed by atoms with E-state index >= 15 is 0 Å². The van der Waals surface area contributed by atoms with Gasteiger partial charge in [0.15, 0.2) is 11.6 Å². The lowest BCUT2D eigenvalue weighted by atomic mass is 10.2. The van der Waals surface area contributed by atoms with E-state index in [1.807, 2.05) is 5.32 Å². The third kappa shape index (κ3) is 3.21. The molecule has 1 N–H and O–H groups in total. The van der Waals surface area contributed by atoms with E-state index in [-0.39, 0.29) is 10.0 Å². The molecule has 0 saturated heterocycles. The summed E-state index contributed by atoms with van der Waals surface area (Å²) in [4.78, 5) is 11.9. The smallest absolute Gasteiger partial charge is 0.258 e. The molecule has 1 amide bonds. The van der Waals surface area contributed by atoms with Gasteiger partial charge in [-0.1, -0.05) is 31.9 Å². The zero-order valence-electron chi connectivity index (χ0n) is 9.68. The fraction of sp³-hybridized carbons (Fsp3) is 0. The predicted octanol–water partition coefficient (Wildman–Crippen LogP) is 4.88. The first-order chi connectivity index (χ1) is 9.38. The van der Waals surface area contributed by atoms with Gasteiger partial charge >= 0.3 is 0 Å². The number of rotatable bonds is 2. The van der Waals surface area contributed by atoms with Crippen LogP contribution < -0.4 is 5.32 Å². The summed E-state index contributed by atoms with van der Waals surface area (Å²) in [5.41, 5.74) is -0.946. The van der Waals surface area contributed by atoms with Gasteiger partial charge in [0.05, 0.1) is 5.56 Å². The molecule has 7 heteroatoms. The molecule has 2 rings (SSSR count). The topological polar surface area (TPSA) is 29.1 Å². The minimum Gasteiger partial charge on any atom is -0.317 e. The first kappa shape index (κ1) is 15.1. The Labute approximate surface area is 129 Å². The summed E-state index contributed by atoms with van der Waals surface area (Å²) in [5, 5.41) is 2.02. The molecule has 0 aliphatic rings. The monoisotopic (exact) mass is 407 g/mol. The van der Waals surface area contributed by atoms with Gasteiger partial charge in [-0.3, -0.25) is 4.79 Å². The van der Waals surface area contributed by atoms with Crippen molar-refractivity contribution in [3.8, 4) is 0 Å². The Kier molecular flexibility index (Phi) is 4.49. The van der Waals surface area contributed by atoms with Crippen LogP contribution in [0.15, 0.2) is 39.3 Å². The highest BCUT2D eigenvalue weighted by atomic mass is 79.9. The molecule has 2 aromatic carbocycles. The van der Waals surface area contributed by atoms with Crippen LogP contribution in [0.1, 0.15) is 10.4 Å². The summed E-state index contributed by atoms with van der Waals surface area (Å²) < 4.78 is 41.3. The maximum Gasteiger partial charge on any atom is 0.258 e. The van der Waals surface area contributed by atoms with Crippen LogP contribution in [-0.2, 0) is 0 Å². The van der Waals surface area contributed by atoms with Crippen LogP contribution in [0.5, 0.6) is 0 Å². The van der Waals surface area contributed by atoms with Gasteiger partial charge in [-0.25, -0.2) is 13.2 Å². The van der Waals surface area contributed by atoms with E-state index in [9.17, 15) is 18.0 Å². The maximum atomic E-state index is 13.6. The van der Waals surface area contributed by atoms with E-state index in [0.29, 0.717) is 4.47 Å². The molecule has 0 spiro atoms. The Morgan fingerprint density at radius 2 is 1.50 bits per heavy atom. The standard InChI is InChI=1S/C13H6Br2F3NO/c14-6-1-2-9(16)8(3-6)13(20)19-12-10(17)4-7(15)5-11(12)18/h1-5H,(H,19,20). The molecule has 2 aromatic rings. The first-order valence-corrected chi connectivity index (χ1v) is 6.88. The second-order valence-corrected chi connectivity index (χ2v) is 5.65. The fourth-order valence-electron chi connectivity index (χ4n) is 1.51. The van der Waals surface area contributed by atoms with Gasteiger partial charge in [-0.05, 0) is 30.3 Å². The molecule has 0 aliphatic heterocycles. The highest BCUT2D eigenvalue weighted by Crippen LogP contribution is 2.25. The van der Waals surface area contributed by atoms with Gasteiger partial charge in [-0.2, -0.15) is 0 Å². The lowest BCUT2D eigenvalue weighted by molar-refractivity contribution is 0.102. The van der Waals surface area contributed by atoms with Crippen molar-refractivity contribution in [1.82, 2.24) is 0 Å². The van der Waals surface area contributed by atoms with Gasteiger partial charge in [-0.15, -0.1) is 0 Å². The van der Waals surface area contributed by atoms with Gasteiger partial charge in [0.2, 0.25) is 0 Å². The molecule has 0 bridgehead atoms. The first-order valence-electron chi connectivity index (χ1n) is 5.29. The van der Waals surface area contributed by atoms with Crippen LogP contribution in [-0.4, -0.2) is 5.91 Å². The van der Waals surface area contributed by atoms with Crippen molar-refractivity contribution in [2.24, 2.45) is 0 Å². The van der Waals surface area contributed by atoms with Gasteiger partial charge < -0.3 is 5.32 Å². The second kappa shape index (κ2) is 5.97. The van der Waals surface area contributed by atoms with E-state index in [2.05, 4.69) is 31.9 Å². The predicted molar refractivity (Wildman–Crippen MR) is 76.1 cm³/mol.